The minimum Gasteiger partial charge on any atom is -0.486 e. The van der Waals surface area contributed by atoms with Gasteiger partial charge in [-0.25, -0.2) is 8.42 Å². The van der Waals surface area contributed by atoms with Crippen LogP contribution in [0.15, 0.2) is 47.4 Å². The Hall–Kier alpha value is -2.70. The molecule has 10 nitrogen and oxygen atoms in total. The zero-order chi connectivity index (χ0) is 29.0. The molecule has 2 aliphatic heterocycles. The molecule has 40 heavy (non-hydrogen) atoms. The fourth-order valence-corrected chi connectivity index (χ4v) is 6.20. The van der Waals surface area contributed by atoms with E-state index in [2.05, 4.69) is 5.32 Å². The van der Waals surface area contributed by atoms with Crippen LogP contribution in [0.1, 0.15) is 37.0 Å². The molecule has 0 unspecified atom stereocenters. The number of likely N-dealkylation sites (N-methyl/N-ethyl adjacent to an activating group) is 1. The number of amides is 2. The summed E-state index contributed by atoms with van der Waals surface area (Å²) < 4.78 is 39.7. The monoisotopic (exact) mass is 593 g/mol. The molecule has 2 aliphatic rings. The van der Waals surface area contributed by atoms with E-state index in [0.29, 0.717) is 36.8 Å². The molecule has 3 atom stereocenters. The van der Waals surface area contributed by atoms with Crippen LogP contribution in [-0.2, 0) is 19.6 Å². The lowest BCUT2D eigenvalue weighted by Gasteiger charge is -2.38. The number of sulfonamides is 1. The smallest absolute Gasteiger partial charge is 0.258 e. The standard InChI is InChI=1S/C28H36ClN3O7S/c1-18-15-32(19(2)17-33)28(35)23-5-4-6-24(30-27(34)20-11-13-38-14-12-20)26(23)39-25(18)16-31(3)40(36,37)22-9-7-21(29)8-10-22/h4-10,18-20,25,33H,11-17H2,1-3H3,(H,30,34)/t18-,19+,25-/m0/s1. The first kappa shape index (κ1) is 30.3. The van der Waals surface area contributed by atoms with Crippen molar-refractivity contribution < 1.29 is 32.6 Å². The molecule has 0 radical (unpaired) electrons. The van der Waals surface area contributed by atoms with Gasteiger partial charge in [-0.3, -0.25) is 9.59 Å². The fraction of sp³-hybridized carbons (Fsp3) is 0.500. The third-order valence-electron chi connectivity index (χ3n) is 7.50. The van der Waals surface area contributed by atoms with Crippen LogP contribution in [0.3, 0.4) is 0 Å². The normalized spacial score (nSPS) is 21.2. The molecule has 2 N–H and O–H groups in total. The molecule has 0 aliphatic carbocycles. The van der Waals surface area contributed by atoms with Crippen molar-refractivity contribution in [2.24, 2.45) is 11.8 Å². The Morgan fingerprint density at radius 3 is 2.52 bits per heavy atom. The number of fused-ring (bicyclic) bond motifs is 1. The Kier molecular flexibility index (Phi) is 9.73. The predicted octanol–water partition coefficient (Wildman–Crippen LogP) is 3.25. The number of anilines is 1. The first-order chi connectivity index (χ1) is 19.0. The second kappa shape index (κ2) is 12.9. The maximum absolute atomic E-state index is 13.7. The second-order valence-corrected chi connectivity index (χ2v) is 12.9. The van der Waals surface area contributed by atoms with Gasteiger partial charge in [0.05, 0.1) is 35.3 Å². The highest BCUT2D eigenvalue weighted by Crippen LogP contribution is 2.36. The number of nitrogens with one attached hydrogen (secondary N) is 1. The number of carbonyl (C=O) groups excluding carboxylic acids is 2. The molecule has 12 heteroatoms. The lowest BCUT2D eigenvalue weighted by molar-refractivity contribution is -0.122. The molecule has 1 fully saturated rings. The summed E-state index contributed by atoms with van der Waals surface area (Å²) in [4.78, 5) is 28.4. The maximum Gasteiger partial charge on any atom is 0.258 e. The summed E-state index contributed by atoms with van der Waals surface area (Å²) >= 11 is 5.95. The Morgan fingerprint density at radius 2 is 1.88 bits per heavy atom. The van der Waals surface area contributed by atoms with Gasteiger partial charge in [0.25, 0.3) is 5.91 Å². The number of aliphatic hydroxyl groups is 1. The van der Waals surface area contributed by atoms with E-state index in [1.165, 1.54) is 35.6 Å². The van der Waals surface area contributed by atoms with E-state index in [0.717, 1.165) is 0 Å². The van der Waals surface area contributed by atoms with Crippen molar-refractivity contribution in [2.75, 3.05) is 45.3 Å². The van der Waals surface area contributed by atoms with Crippen LogP contribution < -0.4 is 10.1 Å². The molecule has 0 bridgehead atoms. The zero-order valence-corrected chi connectivity index (χ0v) is 24.5. The van der Waals surface area contributed by atoms with Gasteiger partial charge in [0.2, 0.25) is 15.9 Å². The number of para-hydroxylation sites is 1. The van der Waals surface area contributed by atoms with Gasteiger partial charge < -0.3 is 24.8 Å². The van der Waals surface area contributed by atoms with Crippen molar-refractivity contribution in [3.63, 3.8) is 0 Å². The molecule has 2 amide bonds. The number of nitrogens with zero attached hydrogens (tertiary/aromatic N) is 2. The average Bonchev–Trinajstić information content (AvgIpc) is 2.95. The highest BCUT2D eigenvalue weighted by atomic mass is 35.5. The van der Waals surface area contributed by atoms with Crippen molar-refractivity contribution >= 4 is 39.1 Å². The number of hydrogen-bond donors (Lipinski definition) is 2. The summed E-state index contributed by atoms with van der Waals surface area (Å²) in [6, 6.07) is 10.4. The lowest BCUT2D eigenvalue weighted by Crippen LogP contribution is -2.50. The van der Waals surface area contributed by atoms with Gasteiger partial charge >= 0.3 is 0 Å². The minimum absolute atomic E-state index is 0.0245. The first-order valence-corrected chi connectivity index (χ1v) is 15.2. The van der Waals surface area contributed by atoms with Gasteiger partial charge in [0.15, 0.2) is 5.75 Å². The molecule has 218 valence electrons. The molecule has 2 heterocycles. The third kappa shape index (κ3) is 6.60. The number of benzene rings is 2. The van der Waals surface area contributed by atoms with Gasteiger partial charge in [-0.1, -0.05) is 24.6 Å². The van der Waals surface area contributed by atoms with Crippen molar-refractivity contribution in [1.29, 1.82) is 0 Å². The van der Waals surface area contributed by atoms with Crippen LogP contribution in [0.5, 0.6) is 5.75 Å². The molecule has 0 aromatic heterocycles. The van der Waals surface area contributed by atoms with E-state index in [-0.39, 0.29) is 59.6 Å². The quantitative estimate of drug-likeness (QED) is 0.481. The Bertz CT molecular complexity index is 1320. The van der Waals surface area contributed by atoms with E-state index in [4.69, 9.17) is 21.1 Å². The number of ether oxygens (including phenoxy) is 2. The maximum atomic E-state index is 13.7. The van der Waals surface area contributed by atoms with Crippen molar-refractivity contribution in [2.45, 2.75) is 43.7 Å². The van der Waals surface area contributed by atoms with Crippen LogP contribution in [-0.4, -0.2) is 86.6 Å². The van der Waals surface area contributed by atoms with Gasteiger partial charge in [0, 0.05) is 43.7 Å². The van der Waals surface area contributed by atoms with Crippen molar-refractivity contribution in [3.05, 3.63) is 53.1 Å². The molecular weight excluding hydrogens is 558 g/mol. The summed E-state index contributed by atoms with van der Waals surface area (Å²) in [7, 11) is -2.40. The molecule has 1 saturated heterocycles. The van der Waals surface area contributed by atoms with E-state index >= 15 is 0 Å². The molecule has 2 aromatic carbocycles. The lowest BCUT2D eigenvalue weighted by atomic mass is 9.98. The highest BCUT2D eigenvalue weighted by molar-refractivity contribution is 7.89. The van der Waals surface area contributed by atoms with Crippen LogP contribution in [0, 0.1) is 11.8 Å². The number of halogens is 1. The number of aliphatic hydroxyl groups excluding tert-OH is 1. The van der Waals surface area contributed by atoms with Crippen LogP contribution >= 0.6 is 11.6 Å². The molecular formula is C28H36ClN3O7S. The van der Waals surface area contributed by atoms with E-state index in [1.807, 2.05) is 6.92 Å². The number of carbonyl (C=O) groups is 2. The zero-order valence-electron chi connectivity index (χ0n) is 22.9. The summed E-state index contributed by atoms with van der Waals surface area (Å²) in [5.74, 6) is -0.913. The molecule has 0 saturated carbocycles. The van der Waals surface area contributed by atoms with Crippen LogP contribution in [0.4, 0.5) is 5.69 Å². The van der Waals surface area contributed by atoms with Crippen LogP contribution in [0.25, 0.3) is 0 Å². The second-order valence-electron chi connectivity index (χ2n) is 10.4. The van der Waals surface area contributed by atoms with E-state index in [1.54, 1.807) is 30.0 Å². The van der Waals surface area contributed by atoms with E-state index in [9.17, 15) is 23.1 Å². The number of rotatable bonds is 8. The van der Waals surface area contributed by atoms with Gasteiger partial charge in [-0.05, 0) is 56.2 Å². The Morgan fingerprint density at radius 1 is 1.20 bits per heavy atom. The predicted molar refractivity (Wildman–Crippen MR) is 151 cm³/mol. The Balaban J connectivity index is 1.69. The van der Waals surface area contributed by atoms with Crippen molar-refractivity contribution in [3.8, 4) is 5.75 Å². The summed E-state index contributed by atoms with van der Waals surface area (Å²) in [6.45, 7) is 4.58. The topological polar surface area (TPSA) is 125 Å². The summed E-state index contributed by atoms with van der Waals surface area (Å²) in [5, 5.41) is 13.3. The molecule has 0 spiro atoms. The first-order valence-electron chi connectivity index (χ1n) is 13.3. The van der Waals surface area contributed by atoms with Gasteiger partial charge in [-0.2, -0.15) is 4.31 Å². The largest absolute Gasteiger partial charge is 0.486 e. The van der Waals surface area contributed by atoms with Gasteiger partial charge in [0.1, 0.15) is 6.10 Å². The highest BCUT2D eigenvalue weighted by Gasteiger charge is 2.36. The average molecular weight is 594 g/mol. The van der Waals surface area contributed by atoms with Crippen LogP contribution in [0.2, 0.25) is 5.02 Å². The number of hydrogen-bond acceptors (Lipinski definition) is 7. The van der Waals surface area contributed by atoms with Crippen molar-refractivity contribution in [1.82, 2.24) is 9.21 Å². The summed E-state index contributed by atoms with van der Waals surface area (Å²) in [6.07, 6.45) is 0.499. The van der Waals surface area contributed by atoms with Gasteiger partial charge in [-0.15, -0.1) is 0 Å². The summed E-state index contributed by atoms with van der Waals surface area (Å²) in [5.41, 5.74) is 0.562. The SMILES string of the molecule is C[C@H](CO)N1C[C@H](C)[C@H](CN(C)S(=O)(=O)c2ccc(Cl)cc2)Oc2c(NC(=O)C3CCOCC3)cccc2C1=O. The third-order valence-corrected chi connectivity index (χ3v) is 9.59. The Labute approximate surface area is 240 Å². The fourth-order valence-electron chi connectivity index (χ4n) is 4.89. The minimum atomic E-state index is -3.87. The molecule has 4 rings (SSSR count). The van der Waals surface area contributed by atoms with E-state index < -0.39 is 22.2 Å². The molecule has 2 aromatic rings.